The number of furan rings is 1. The zero-order valence-corrected chi connectivity index (χ0v) is 12.2. The van der Waals surface area contributed by atoms with E-state index in [9.17, 15) is 0 Å². The summed E-state index contributed by atoms with van der Waals surface area (Å²) in [7, 11) is 0. The molecule has 0 amide bonds. The summed E-state index contributed by atoms with van der Waals surface area (Å²) in [6.45, 7) is 0. The van der Waals surface area contributed by atoms with Crippen molar-refractivity contribution < 1.29 is 4.42 Å². The van der Waals surface area contributed by atoms with Gasteiger partial charge in [-0.25, -0.2) is 4.98 Å². The molecule has 2 aromatic heterocycles. The zero-order valence-electron chi connectivity index (χ0n) is 10.7. The monoisotopic (exact) mass is 328 g/mol. The molecule has 1 unspecified atom stereocenters. The van der Waals surface area contributed by atoms with E-state index >= 15 is 0 Å². The van der Waals surface area contributed by atoms with Crippen molar-refractivity contribution in [2.24, 2.45) is 0 Å². The van der Waals surface area contributed by atoms with E-state index in [1.54, 1.807) is 12.5 Å². The molecule has 4 heteroatoms. The van der Waals surface area contributed by atoms with Gasteiger partial charge in [-0.05, 0) is 45.8 Å². The minimum Gasteiger partial charge on any atom is -0.467 e. The van der Waals surface area contributed by atoms with Gasteiger partial charge in [0.05, 0.1) is 12.0 Å². The Morgan fingerprint density at radius 1 is 1.00 bits per heavy atom. The van der Waals surface area contributed by atoms with Crippen molar-refractivity contribution in [3.63, 3.8) is 0 Å². The summed E-state index contributed by atoms with van der Waals surface area (Å²) in [6, 6.07) is 17.9. The largest absolute Gasteiger partial charge is 0.467 e. The molecule has 1 N–H and O–H groups in total. The number of anilines is 1. The van der Waals surface area contributed by atoms with Crippen LogP contribution in [0.2, 0.25) is 0 Å². The van der Waals surface area contributed by atoms with Gasteiger partial charge in [-0.15, -0.1) is 0 Å². The lowest BCUT2D eigenvalue weighted by atomic mass is 10.0. The first kappa shape index (κ1) is 12.9. The molecule has 0 aliphatic carbocycles. The highest BCUT2D eigenvalue weighted by molar-refractivity contribution is 9.10. The van der Waals surface area contributed by atoms with Crippen LogP contribution in [0.3, 0.4) is 0 Å². The molecule has 0 aliphatic heterocycles. The van der Waals surface area contributed by atoms with Gasteiger partial charge in [0, 0.05) is 6.20 Å². The number of nitrogens with zero attached hydrogens (tertiary/aromatic N) is 1. The van der Waals surface area contributed by atoms with Gasteiger partial charge in [-0.2, -0.15) is 0 Å². The molecule has 1 atom stereocenters. The maximum Gasteiger partial charge on any atom is 0.130 e. The molecule has 20 heavy (non-hydrogen) atoms. The van der Waals surface area contributed by atoms with Crippen molar-refractivity contribution in [3.8, 4) is 0 Å². The average Bonchev–Trinajstić information content (AvgIpc) is 3.01. The van der Waals surface area contributed by atoms with Gasteiger partial charge in [0.15, 0.2) is 0 Å². The van der Waals surface area contributed by atoms with Crippen molar-refractivity contribution in [1.82, 2.24) is 4.98 Å². The number of benzene rings is 1. The molecule has 0 saturated carbocycles. The summed E-state index contributed by atoms with van der Waals surface area (Å²) in [6.07, 6.45) is 3.44. The van der Waals surface area contributed by atoms with Crippen LogP contribution in [0.4, 0.5) is 5.69 Å². The molecule has 0 fully saturated rings. The van der Waals surface area contributed by atoms with Crippen LogP contribution < -0.4 is 5.32 Å². The Balaban J connectivity index is 1.97. The molecule has 0 aliphatic rings. The first-order valence-corrected chi connectivity index (χ1v) is 7.09. The first-order valence-electron chi connectivity index (χ1n) is 6.30. The second-order valence-electron chi connectivity index (χ2n) is 4.35. The Morgan fingerprint density at radius 2 is 1.85 bits per heavy atom. The van der Waals surface area contributed by atoms with Crippen LogP contribution in [0.15, 0.2) is 76.1 Å². The fourth-order valence-electron chi connectivity index (χ4n) is 2.07. The summed E-state index contributed by atoms with van der Waals surface area (Å²) in [5, 5.41) is 3.46. The number of nitrogens with one attached hydrogen (secondary N) is 1. The number of rotatable bonds is 4. The van der Waals surface area contributed by atoms with E-state index in [0.29, 0.717) is 0 Å². The van der Waals surface area contributed by atoms with Crippen LogP contribution in [0.25, 0.3) is 0 Å². The van der Waals surface area contributed by atoms with E-state index in [-0.39, 0.29) is 6.04 Å². The Labute approximate surface area is 125 Å². The highest BCUT2D eigenvalue weighted by Crippen LogP contribution is 2.29. The highest BCUT2D eigenvalue weighted by Gasteiger charge is 2.17. The summed E-state index contributed by atoms with van der Waals surface area (Å²) in [4.78, 5) is 4.23. The molecule has 0 radical (unpaired) electrons. The topological polar surface area (TPSA) is 38.1 Å². The van der Waals surface area contributed by atoms with E-state index in [1.165, 1.54) is 0 Å². The summed E-state index contributed by atoms with van der Waals surface area (Å²) < 4.78 is 6.35. The van der Waals surface area contributed by atoms with Crippen LogP contribution in [0.5, 0.6) is 0 Å². The van der Waals surface area contributed by atoms with Gasteiger partial charge in [0.2, 0.25) is 0 Å². The van der Waals surface area contributed by atoms with E-state index in [2.05, 4.69) is 38.4 Å². The number of pyridine rings is 1. The van der Waals surface area contributed by atoms with Gasteiger partial charge in [-0.3, -0.25) is 0 Å². The Morgan fingerprint density at radius 3 is 2.55 bits per heavy atom. The van der Waals surface area contributed by atoms with E-state index < -0.39 is 0 Å². The van der Waals surface area contributed by atoms with Crippen LogP contribution in [0, 0.1) is 0 Å². The van der Waals surface area contributed by atoms with Gasteiger partial charge in [0.25, 0.3) is 0 Å². The molecule has 100 valence electrons. The Bertz CT molecular complexity index is 668. The van der Waals surface area contributed by atoms with Crippen LogP contribution in [0.1, 0.15) is 17.4 Å². The van der Waals surface area contributed by atoms with Crippen molar-refractivity contribution in [3.05, 3.63) is 83.0 Å². The molecule has 3 rings (SSSR count). The van der Waals surface area contributed by atoms with Crippen LogP contribution >= 0.6 is 15.9 Å². The van der Waals surface area contributed by atoms with Crippen molar-refractivity contribution in [2.45, 2.75) is 6.04 Å². The van der Waals surface area contributed by atoms with Gasteiger partial charge in [-0.1, -0.05) is 30.3 Å². The molecule has 3 aromatic rings. The molecule has 3 nitrogen and oxygen atoms in total. The van der Waals surface area contributed by atoms with E-state index in [1.807, 2.05) is 42.5 Å². The maximum absolute atomic E-state index is 5.56. The third-order valence-electron chi connectivity index (χ3n) is 3.02. The molecule has 2 heterocycles. The fourth-order valence-corrected chi connectivity index (χ4v) is 2.43. The predicted octanol–water partition coefficient (Wildman–Crippen LogP) is 4.64. The molecule has 0 bridgehead atoms. The van der Waals surface area contributed by atoms with Gasteiger partial charge >= 0.3 is 0 Å². The molecule has 0 spiro atoms. The normalized spacial score (nSPS) is 12.1. The molecular weight excluding hydrogens is 316 g/mol. The van der Waals surface area contributed by atoms with Crippen LogP contribution in [-0.4, -0.2) is 4.98 Å². The zero-order chi connectivity index (χ0) is 13.8. The van der Waals surface area contributed by atoms with Crippen molar-refractivity contribution in [1.29, 1.82) is 0 Å². The van der Waals surface area contributed by atoms with Gasteiger partial charge in [0.1, 0.15) is 16.4 Å². The maximum atomic E-state index is 5.56. The summed E-state index contributed by atoms with van der Waals surface area (Å²) in [5.74, 6) is 0.868. The lowest BCUT2D eigenvalue weighted by Crippen LogP contribution is -2.12. The number of hydrogen-bond acceptors (Lipinski definition) is 3. The molecular formula is C16H13BrN2O. The highest BCUT2D eigenvalue weighted by atomic mass is 79.9. The minimum absolute atomic E-state index is 0.0494. The lowest BCUT2D eigenvalue weighted by Gasteiger charge is -2.19. The van der Waals surface area contributed by atoms with E-state index in [0.717, 1.165) is 21.6 Å². The number of halogens is 1. The lowest BCUT2D eigenvalue weighted by molar-refractivity contribution is 0.499. The number of aromatic nitrogens is 1. The average molecular weight is 329 g/mol. The second-order valence-corrected chi connectivity index (χ2v) is 5.10. The van der Waals surface area contributed by atoms with Crippen molar-refractivity contribution in [2.75, 3.05) is 5.32 Å². The fraction of sp³-hybridized carbons (Fsp3) is 0.0625. The summed E-state index contributed by atoms with van der Waals surface area (Å²) >= 11 is 3.46. The quantitative estimate of drug-likeness (QED) is 0.709. The number of hydrogen-bond donors (Lipinski definition) is 1. The third kappa shape index (κ3) is 2.75. The molecule has 1 aromatic carbocycles. The molecule has 0 saturated heterocycles. The minimum atomic E-state index is -0.0494. The Kier molecular flexibility index (Phi) is 3.83. The first-order chi connectivity index (χ1) is 9.84. The third-order valence-corrected chi connectivity index (χ3v) is 3.65. The van der Waals surface area contributed by atoms with E-state index in [4.69, 9.17) is 4.42 Å². The SMILES string of the molecule is Brc1ncccc1NC(c1ccccc1)c1ccco1. The smallest absolute Gasteiger partial charge is 0.130 e. The standard InChI is InChI=1S/C16H13BrN2O/c17-16-13(8-4-10-18-16)19-15(14-9-5-11-20-14)12-6-2-1-3-7-12/h1-11,15,19H. The Hall–Kier alpha value is -2.07. The second kappa shape index (κ2) is 5.92. The van der Waals surface area contributed by atoms with Crippen LogP contribution in [-0.2, 0) is 0 Å². The summed E-state index contributed by atoms with van der Waals surface area (Å²) in [5.41, 5.74) is 2.07. The van der Waals surface area contributed by atoms with Crippen molar-refractivity contribution >= 4 is 21.6 Å². The predicted molar refractivity (Wildman–Crippen MR) is 82.6 cm³/mol. The van der Waals surface area contributed by atoms with Gasteiger partial charge < -0.3 is 9.73 Å².